The van der Waals surface area contributed by atoms with Crippen LogP contribution < -0.4 is 11.1 Å². The Balaban J connectivity index is 2.19. The fraction of sp³-hybridized carbons (Fsp3) is 0.308. The maximum absolute atomic E-state index is 5.98. The van der Waals surface area contributed by atoms with Crippen molar-refractivity contribution in [1.82, 2.24) is 9.97 Å². The Labute approximate surface area is 101 Å². The molecule has 1 aromatic carbocycles. The summed E-state index contributed by atoms with van der Waals surface area (Å²) in [7, 11) is 0. The normalized spacial score (nSPS) is 12.4. The second kappa shape index (κ2) is 4.91. The average Bonchev–Trinajstić information content (AvgIpc) is 2.81. The Bertz CT molecular complexity index is 476. The molecule has 2 rings (SSSR count). The van der Waals surface area contributed by atoms with Crippen molar-refractivity contribution in [3.63, 3.8) is 0 Å². The monoisotopic (exact) mass is 230 g/mol. The van der Waals surface area contributed by atoms with Gasteiger partial charge in [-0.15, -0.1) is 0 Å². The lowest BCUT2D eigenvalue weighted by atomic mass is 10.1. The van der Waals surface area contributed by atoms with Gasteiger partial charge in [0.1, 0.15) is 5.82 Å². The highest BCUT2D eigenvalue weighted by Gasteiger charge is 2.12. The van der Waals surface area contributed by atoms with Gasteiger partial charge in [0.05, 0.1) is 17.4 Å². The number of nitrogen functional groups attached to an aromatic ring is 1. The zero-order valence-electron chi connectivity index (χ0n) is 10.2. The topological polar surface area (TPSA) is 66.7 Å². The van der Waals surface area contributed by atoms with Crippen molar-refractivity contribution in [3.8, 4) is 0 Å². The molecule has 90 valence electrons. The fourth-order valence-electron chi connectivity index (χ4n) is 1.83. The van der Waals surface area contributed by atoms with Crippen LogP contribution in [-0.2, 0) is 0 Å². The van der Waals surface area contributed by atoms with Crippen LogP contribution in [0.25, 0.3) is 0 Å². The van der Waals surface area contributed by atoms with Gasteiger partial charge in [-0.2, -0.15) is 0 Å². The number of nitrogens with zero attached hydrogens (tertiary/aromatic N) is 1. The van der Waals surface area contributed by atoms with E-state index in [9.17, 15) is 0 Å². The number of nitrogens with two attached hydrogens (primary N) is 1. The minimum Gasteiger partial charge on any atom is -0.397 e. The molecule has 17 heavy (non-hydrogen) atoms. The van der Waals surface area contributed by atoms with Crippen LogP contribution in [0.3, 0.4) is 0 Å². The van der Waals surface area contributed by atoms with Crippen LogP contribution in [-0.4, -0.2) is 9.97 Å². The summed E-state index contributed by atoms with van der Waals surface area (Å²) < 4.78 is 0. The molecule has 0 saturated heterocycles. The summed E-state index contributed by atoms with van der Waals surface area (Å²) in [5.74, 6) is 0.937. The van der Waals surface area contributed by atoms with E-state index in [2.05, 4.69) is 22.2 Å². The Morgan fingerprint density at radius 1 is 1.47 bits per heavy atom. The number of benzene rings is 1. The van der Waals surface area contributed by atoms with Crippen LogP contribution in [0, 0.1) is 6.92 Å². The Morgan fingerprint density at radius 2 is 2.29 bits per heavy atom. The quantitative estimate of drug-likeness (QED) is 0.707. The molecule has 1 heterocycles. The average molecular weight is 230 g/mol. The summed E-state index contributed by atoms with van der Waals surface area (Å²) in [5, 5.41) is 3.41. The number of aromatic amines is 1. The van der Waals surface area contributed by atoms with E-state index in [1.54, 1.807) is 6.20 Å². The lowest BCUT2D eigenvalue weighted by Gasteiger charge is -2.17. The van der Waals surface area contributed by atoms with E-state index < -0.39 is 0 Å². The Kier molecular flexibility index (Phi) is 3.32. The molecule has 4 N–H and O–H groups in total. The Morgan fingerprint density at radius 3 is 2.88 bits per heavy atom. The van der Waals surface area contributed by atoms with Crippen molar-refractivity contribution >= 4 is 11.4 Å². The molecule has 1 unspecified atom stereocenters. The third-order valence-corrected chi connectivity index (χ3v) is 2.79. The molecule has 0 aliphatic heterocycles. The van der Waals surface area contributed by atoms with Gasteiger partial charge in [-0.05, 0) is 31.0 Å². The van der Waals surface area contributed by atoms with Gasteiger partial charge in [0, 0.05) is 12.4 Å². The van der Waals surface area contributed by atoms with Crippen molar-refractivity contribution in [2.75, 3.05) is 11.1 Å². The highest BCUT2D eigenvalue weighted by Crippen LogP contribution is 2.25. The molecule has 2 aromatic rings. The van der Waals surface area contributed by atoms with Crippen molar-refractivity contribution in [1.29, 1.82) is 0 Å². The second-order valence-corrected chi connectivity index (χ2v) is 4.17. The molecule has 0 fully saturated rings. The first kappa shape index (κ1) is 11.5. The van der Waals surface area contributed by atoms with Gasteiger partial charge < -0.3 is 16.0 Å². The number of imidazole rings is 1. The molecule has 0 bridgehead atoms. The van der Waals surface area contributed by atoms with Crippen LogP contribution in [0.2, 0.25) is 0 Å². The molecule has 4 nitrogen and oxygen atoms in total. The largest absolute Gasteiger partial charge is 0.397 e. The van der Waals surface area contributed by atoms with Crippen molar-refractivity contribution < 1.29 is 0 Å². The smallest absolute Gasteiger partial charge is 0.128 e. The number of hydrogen-bond donors (Lipinski definition) is 3. The molecule has 0 radical (unpaired) electrons. The lowest BCUT2D eigenvalue weighted by molar-refractivity contribution is 0.704. The number of hydrogen-bond acceptors (Lipinski definition) is 3. The maximum Gasteiger partial charge on any atom is 0.128 e. The van der Waals surface area contributed by atoms with Gasteiger partial charge in [0.2, 0.25) is 0 Å². The first-order valence-corrected chi connectivity index (χ1v) is 5.82. The standard InChI is InChI=1S/C13H18N4/c1-3-11(13-15-6-7-16-13)17-12-5-4-9(2)8-10(12)14/h4-8,11,17H,3,14H2,1-2H3,(H,15,16). The van der Waals surface area contributed by atoms with Crippen LogP contribution in [0.1, 0.15) is 30.8 Å². The molecule has 1 atom stereocenters. The number of anilines is 2. The van der Waals surface area contributed by atoms with E-state index in [0.717, 1.165) is 23.6 Å². The van der Waals surface area contributed by atoms with Gasteiger partial charge in [-0.1, -0.05) is 13.0 Å². The molecular formula is C13H18N4. The first-order valence-electron chi connectivity index (χ1n) is 5.82. The molecule has 0 spiro atoms. The van der Waals surface area contributed by atoms with Crippen molar-refractivity contribution in [2.24, 2.45) is 0 Å². The highest BCUT2D eigenvalue weighted by atomic mass is 15.0. The van der Waals surface area contributed by atoms with Gasteiger partial charge in [0.15, 0.2) is 0 Å². The summed E-state index contributed by atoms with van der Waals surface area (Å²) in [6, 6.07) is 6.19. The number of aryl methyl sites for hydroxylation is 1. The van der Waals surface area contributed by atoms with Crippen LogP contribution in [0.5, 0.6) is 0 Å². The maximum atomic E-state index is 5.98. The van der Waals surface area contributed by atoms with E-state index in [-0.39, 0.29) is 6.04 Å². The molecule has 0 aliphatic carbocycles. The molecule has 4 heteroatoms. The SMILES string of the molecule is CCC(Nc1ccc(C)cc1N)c1ncc[nH]1. The number of rotatable bonds is 4. The van der Waals surface area contributed by atoms with Gasteiger partial charge >= 0.3 is 0 Å². The third kappa shape index (κ3) is 2.58. The summed E-state index contributed by atoms with van der Waals surface area (Å²) in [4.78, 5) is 7.40. The zero-order valence-corrected chi connectivity index (χ0v) is 10.2. The van der Waals surface area contributed by atoms with E-state index in [1.165, 1.54) is 5.56 Å². The van der Waals surface area contributed by atoms with Gasteiger partial charge in [0.25, 0.3) is 0 Å². The first-order chi connectivity index (χ1) is 8.20. The molecule has 0 amide bonds. The minimum atomic E-state index is 0.162. The minimum absolute atomic E-state index is 0.162. The van der Waals surface area contributed by atoms with Crippen LogP contribution in [0.15, 0.2) is 30.6 Å². The zero-order chi connectivity index (χ0) is 12.3. The summed E-state index contributed by atoms with van der Waals surface area (Å²) in [5.41, 5.74) is 8.88. The Hall–Kier alpha value is -1.97. The van der Waals surface area contributed by atoms with E-state index >= 15 is 0 Å². The van der Waals surface area contributed by atoms with E-state index in [1.807, 2.05) is 31.3 Å². The third-order valence-electron chi connectivity index (χ3n) is 2.79. The van der Waals surface area contributed by atoms with E-state index in [0.29, 0.717) is 0 Å². The number of nitrogens with one attached hydrogen (secondary N) is 2. The molecule has 1 aromatic heterocycles. The predicted molar refractivity (Wildman–Crippen MR) is 70.8 cm³/mol. The van der Waals surface area contributed by atoms with Crippen molar-refractivity contribution in [3.05, 3.63) is 42.0 Å². The van der Waals surface area contributed by atoms with E-state index in [4.69, 9.17) is 5.73 Å². The van der Waals surface area contributed by atoms with Crippen LogP contribution in [0.4, 0.5) is 11.4 Å². The van der Waals surface area contributed by atoms with Gasteiger partial charge in [-0.3, -0.25) is 0 Å². The highest BCUT2D eigenvalue weighted by molar-refractivity contribution is 5.67. The molecular weight excluding hydrogens is 212 g/mol. The lowest BCUT2D eigenvalue weighted by Crippen LogP contribution is -2.12. The van der Waals surface area contributed by atoms with Crippen molar-refractivity contribution in [2.45, 2.75) is 26.3 Å². The number of aromatic nitrogens is 2. The fourth-order valence-corrected chi connectivity index (χ4v) is 1.83. The predicted octanol–water partition coefficient (Wildman–Crippen LogP) is 2.86. The summed E-state index contributed by atoms with van der Waals surface area (Å²) in [6.07, 6.45) is 4.54. The molecule has 0 aliphatic rings. The van der Waals surface area contributed by atoms with Crippen LogP contribution >= 0.6 is 0 Å². The number of H-pyrrole nitrogens is 1. The van der Waals surface area contributed by atoms with Gasteiger partial charge in [-0.25, -0.2) is 4.98 Å². The summed E-state index contributed by atoms with van der Waals surface area (Å²) >= 11 is 0. The second-order valence-electron chi connectivity index (χ2n) is 4.17. The summed E-state index contributed by atoms with van der Waals surface area (Å²) in [6.45, 7) is 4.15. The molecule has 0 saturated carbocycles.